The van der Waals surface area contributed by atoms with Gasteiger partial charge < -0.3 is 24.8 Å². The van der Waals surface area contributed by atoms with Gasteiger partial charge in [0, 0.05) is 12.3 Å². The fraction of sp³-hybridized carbons (Fsp3) is 0.654. The van der Waals surface area contributed by atoms with Crippen LogP contribution in [0.1, 0.15) is 58.3 Å². The van der Waals surface area contributed by atoms with E-state index in [1.165, 1.54) is 0 Å². The molecule has 3 rings (SSSR count). The van der Waals surface area contributed by atoms with E-state index in [1.54, 1.807) is 6.08 Å². The predicted molar refractivity (Wildman–Crippen MR) is 122 cm³/mol. The molecular weight excluding hydrogens is 408 g/mol. The number of hydrogen-bond donors (Lipinski definition) is 3. The summed E-state index contributed by atoms with van der Waals surface area (Å²) in [6, 6.07) is 9.38. The summed E-state index contributed by atoms with van der Waals surface area (Å²) in [6.45, 7) is 2.18. The average molecular weight is 447 g/mol. The third-order valence-electron chi connectivity index (χ3n) is 6.86. The number of hydrogen-bond acceptors (Lipinski definition) is 5. The Hall–Kier alpha value is -1.89. The van der Waals surface area contributed by atoms with E-state index < -0.39 is 18.2 Å². The van der Waals surface area contributed by atoms with E-state index in [0.717, 1.165) is 32.1 Å². The van der Waals surface area contributed by atoms with Gasteiger partial charge in [0.25, 0.3) is 0 Å². The lowest BCUT2D eigenvalue weighted by atomic mass is 9.88. The number of fused-ring (bicyclic) bond motifs is 1. The minimum absolute atomic E-state index is 0.0145. The molecule has 1 aromatic rings. The molecule has 0 amide bonds. The summed E-state index contributed by atoms with van der Waals surface area (Å²) in [5.41, 5.74) is 0. The fourth-order valence-corrected chi connectivity index (χ4v) is 5.16. The zero-order valence-corrected chi connectivity index (χ0v) is 19.0. The molecule has 1 heterocycles. The van der Waals surface area contributed by atoms with Gasteiger partial charge in [0.15, 0.2) is 0 Å². The van der Waals surface area contributed by atoms with E-state index >= 15 is 0 Å². The molecule has 6 heteroatoms. The van der Waals surface area contributed by atoms with Gasteiger partial charge in [0.1, 0.15) is 18.5 Å². The van der Waals surface area contributed by atoms with Crippen molar-refractivity contribution in [2.24, 2.45) is 17.8 Å². The van der Waals surface area contributed by atoms with E-state index in [2.05, 4.69) is 0 Å². The molecule has 32 heavy (non-hydrogen) atoms. The van der Waals surface area contributed by atoms with Crippen LogP contribution < -0.4 is 4.74 Å². The number of aliphatic hydroxyl groups is 2. The van der Waals surface area contributed by atoms with Crippen LogP contribution in [0.25, 0.3) is 0 Å². The molecule has 0 bridgehead atoms. The Morgan fingerprint density at radius 1 is 1.25 bits per heavy atom. The van der Waals surface area contributed by atoms with Crippen LogP contribution in [0.5, 0.6) is 5.75 Å². The van der Waals surface area contributed by atoms with Gasteiger partial charge in [-0.05, 0) is 50.2 Å². The first-order chi connectivity index (χ1) is 15.5. The second-order valence-corrected chi connectivity index (χ2v) is 9.25. The number of carboxylic acids is 1. The second-order valence-electron chi connectivity index (χ2n) is 9.25. The summed E-state index contributed by atoms with van der Waals surface area (Å²) in [4.78, 5) is 11.4. The third-order valence-corrected chi connectivity index (χ3v) is 6.86. The Morgan fingerprint density at radius 2 is 2.03 bits per heavy atom. The van der Waals surface area contributed by atoms with Crippen LogP contribution in [0, 0.1) is 17.8 Å². The molecule has 2 fully saturated rings. The Morgan fingerprint density at radius 3 is 2.75 bits per heavy atom. The number of aliphatic carboxylic acids is 1. The Bertz CT molecular complexity index is 720. The molecule has 6 nitrogen and oxygen atoms in total. The van der Waals surface area contributed by atoms with Crippen molar-refractivity contribution in [3.05, 3.63) is 42.5 Å². The lowest BCUT2D eigenvalue weighted by Crippen LogP contribution is -2.25. The van der Waals surface area contributed by atoms with Crippen LogP contribution in [0.4, 0.5) is 0 Å². The van der Waals surface area contributed by atoms with E-state index in [0.29, 0.717) is 25.0 Å². The van der Waals surface area contributed by atoms with E-state index in [4.69, 9.17) is 9.47 Å². The lowest BCUT2D eigenvalue weighted by molar-refractivity contribution is -0.142. The number of carboxylic acid groups (broad SMARTS) is 1. The van der Waals surface area contributed by atoms with E-state index in [-0.39, 0.29) is 36.6 Å². The third kappa shape index (κ3) is 7.06. The number of benzene rings is 1. The van der Waals surface area contributed by atoms with Crippen LogP contribution in [0.2, 0.25) is 0 Å². The fourth-order valence-electron chi connectivity index (χ4n) is 5.16. The maximum absolute atomic E-state index is 11.4. The molecule has 7 atom stereocenters. The normalized spacial score (nSPS) is 29.9. The summed E-state index contributed by atoms with van der Waals surface area (Å²) >= 11 is 0. The summed E-state index contributed by atoms with van der Waals surface area (Å²) in [5, 5.41) is 30.4. The van der Waals surface area contributed by atoms with Crippen molar-refractivity contribution < 1.29 is 29.6 Å². The number of aliphatic hydroxyl groups excluding tert-OH is 2. The van der Waals surface area contributed by atoms with Gasteiger partial charge in [-0.25, -0.2) is 0 Å². The molecule has 178 valence electrons. The average Bonchev–Trinajstić information content (AvgIpc) is 2.93. The molecule has 1 aromatic carbocycles. The monoisotopic (exact) mass is 446 g/mol. The highest BCUT2D eigenvalue weighted by Gasteiger charge is 2.43. The number of carbonyl (C=O) groups is 1. The Balaban J connectivity index is 1.50. The quantitative estimate of drug-likeness (QED) is 0.441. The zero-order valence-electron chi connectivity index (χ0n) is 19.0. The molecule has 0 spiro atoms. The molecule has 1 unspecified atom stereocenters. The van der Waals surface area contributed by atoms with Crippen molar-refractivity contribution in [2.75, 3.05) is 6.61 Å². The number of ether oxygens (including phenoxy) is 2. The molecule has 1 aliphatic carbocycles. The van der Waals surface area contributed by atoms with Crippen LogP contribution in [0.3, 0.4) is 0 Å². The van der Waals surface area contributed by atoms with Crippen molar-refractivity contribution >= 4 is 5.97 Å². The smallest absolute Gasteiger partial charge is 0.306 e. The first-order valence-corrected chi connectivity index (χ1v) is 12.1. The summed E-state index contributed by atoms with van der Waals surface area (Å²) < 4.78 is 12.0. The molecule has 3 N–H and O–H groups in total. The van der Waals surface area contributed by atoms with Crippen LogP contribution >= 0.6 is 0 Å². The molecular formula is C26H38O6. The van der Waals surface area contributed by atoms with E-state index in [9.17, 15) is 20.1 Å². The second kappa shape index (κ2) is 12.4. The first-order valence-electron chi connectivity index (χ1n) is 12.1. The lowest BCUT2D eigenvalue weighted by Gasteiger charge is -2.24. The molecule has 2 aliphatic rings. The van der Waals surface area contributed by atoms with Crippen LogP contribution in [0.15, 0.2) is 42.5 Å². The van der Waals surface area contributed by atoms with Crippen molar-refractivity contribution in [2.45, 2.75) is 82.7 Å². The highest BCUT2D eigenvalue weighted by Crippen LogP contribution is 2.42. The Labute approximate surface area is 191 Å². The largest absolute Gasteiger partial charge is 0.491 e. The SMILES string of the molecule is CCCC(CC[C@@H]1CCC[C@@H]2[C@@H](C=C[C@@H](O)COc3ccccc3)[C@H](O)C[C@@H]2O1)C(=O)O. The molecule has 0 aromatic heterocycles. The van der Waals surface area contributed by atoms with Crippen LogP contribution in [-0.2, 0) is 9.53 Å². The van der Waals surface area contributed by atoms with Crippen LogP contribution in [-0.4, -0.2) is 52.3 Å². The van der Waals surface area contributed by atoms with Crippen molar-refractivity contribution in [1.82, 2.24) is 0 Å². The number of para-hydroxylation sites is 1. The zero-order chi connectivity index (χ0) is 22.9. The summed E-state index contributed by atoms with van der Waals surface area (Å²) in [6.07, 6.45) is 8.95. The number of rotatable bonds is 11. The van der Waals surface area contributed by atoms with E-state index in [1.807, 2.05) is 43.3 Å². The molecule has 1 aliphatic heterocycles. The Kier molecular flexibility index (Phi) is 9.57. The van der Waals surface area contributed by atoms with Gasteiger partial charge in [0.05, 0.1) is 24.2 Å². The van der Waals surface area contributed by atoms with Gasteiger partial charge in [0.2, 0.25) is 0 Å². The maximum Gasteiger partial charge on any atom is 0.306 e. The summed E-state index contributed by atoms with van der Waals surface area (Å²) in [5.74, 6) is -0.119. The minimum atomic E-state index is -0.743. The van der Waals surface area contributed by atoms with Crippen molar-refractivity contribution in [1.29, 1.82) is 0 Å². The molecule has 1 saturated carbocycles. The predicted octanol–water partition coefficient (Wildman–Crippen LogP) is 4.20. The highest BCUT2D eigenvalue weighted by molar-refractivity contribution is 5.69. The maximum atomic E-state index is 11.4. The van der Waals surface area contributed by atoms with Gasteiger partial charge in [-0.3, -0.25) is 4.79 Å². The van der Waals surface area contributed by atoms with Crippen molar-refractivity contribution in [3.63, 3.8) is 0 Å². The first kappa shape index (κ1) is 24.7. The molecule has 1 saturated heterocycles. The molecule has 0 radical (unpaired) electrons. The van der Waals surface area contributed by atoms with Gasteiger partial charge in [-0.1, -0.05) is 50.1 Å². The standard InChI is InChI=1S/C26H38O6/c1-2-7-18(26(29)30)12-14-21-10-6-11-23-22(24(28)16-25(23)32-21)15-13-19(27)17-31-20-8-4-3-5-9-20/h3-5,8-9,13,15,18-19,21-25,27-28H,2,6-7,10-12,14,16-17H2,1H3,(H,29,30)/t18?,19-,21+,22-,23-,24-,25+/m1/s1. The van der Waals surface area contributed by atoms with Gasteiger partial charge in [-0.2, -0.15) is 0 Å². The van der Waals surface area contributed by atoms with Gasteiger partial charge in [-0.15, -0.1) is 0 Å². The van der Waals surface area contributed by atoms with Crippen molar-refractivity contribution in [3.8, 4) is 5.75 Å². The minimum Gasteiger partial charge on any atom is -0.491 e. The summed E-state index contributed by atoms with van der Waals surface area (Å²) in [7, 11) is 0. The van der Waals surface area contributed by atoms with Gasteiger partial charge >= 0.3 is 5.97 Å². The highest BCUT2D eigenvalue weighted by atomic mass is 16.5. The topological polar surface area (TPSA) is 96.2 Å².